The van der Waals surface area contributed by atoms with Crippen molar-refractivity contribution >= 4 is 34.8 Å². The fourth-order valence-electron chi connectivity index (χ4n) is 1.55. The van der Waals surface area contributed by atoms with E-state index in [0.29, 0.717) is 16.4 Å². The molecule has 0 aliphatic heterocycles. The van der Waals surface area contributed by atoms with Crippen molar-refractivity contribution < 1.29 is 9.59 Å². The lowest BCUT2D eigenvalue weighted by Gasteiger charge is -2.15. The normalized spacial score (nSPS) is 12.1. The quantitative estimate of drug-likeness (QED) is 0.781. The summed E-state index contributed by atoms with van der Waals surface area (Å²) in [6.07, 6.45) is 0.253. The number of benzene rings is 1. The minimum absolute atomic E-state index is 0.158. The molecule has 0 aliphatic rings. The lowest BCUT2D eigenvalue weighted by molar-refractivity contribution is -0.117. The predicted octanol–water partition coefficient (Wildman–Crippen LogP) is 2.61. The summed E-state index contributed by atoms with van der Waals surface area (Å²) in [7, 11) is 0. The van der Waals surface area contributed by atoms with E-state index in [9.17, 15) is 9.59 Å². The van der Waals surface area contributed by atoms with Crippen molar-refractivity contribution in [3.63, 3.8) is 0 Å². The zero-order valence-electron chi connectivity index (χ0n) is 11.9. The number of carbonyl (C=O) groups is 2. The molecule has 0 heterocycles. The molecule has 1 aromatic rings. The Hall–Kier alpha value is -1.59. The van der Waals surface area contributed by atoms with Gasteiger partial charge in [-0.25, -0.2) is 0 Å². The number of anilines is 2. The summed E-state index contributed by atoms with van der Waals surface area (Å²) in [5.74, 6) is -0.118. The van der Waals surface area contributed by atoms with Gasteiger partial charge in [-0.05, 0) is 24.1 Å². The SMILES string of the molecule is CC(=O)Nc1ccc(NC(=O)CC(N)C(C)C)cc1Cl. The number of amides is 2. The molecule has 0 radical (unpaired) electrons. The van der Waals surface area contributed by atoms with Crippen molar-refractivity contribution in [1.82, 2.24) is 0 Å². The molecule has 1 unspecified atom stereocenters. The van der Waals surface area contributed by atoms with Crippen molar-refractivity contribution in [2.24, 2.45) is 11.7 Å². The van der Waals surface area contributed by atoms with Gasteiger partial charge < -0.3 is 16.4 Å². The summed E-state index contributed by atoms with van der Waals surface area (Å²) in [6.45, 7) is 5.34. The lowest BCUT2D eigenvalue weighted by atomic mass is 10.0. The van der Waals surface area contributed by atoms with Crippen LogP contribution in [-0.4, -0.2) is 17.9 Å². The highest BCUT2D eigenvalue weighted by atomic mass is 35.5. The molecule has 20 heavy (non-hydrogen) atoms. The maximum absolute atomic E-state index is 11.8. The Morgan fingerprint density at radius 3 is 2.45 bits per heavy atom. The molecule has 0 fully saturated rings. The molecule has 1 aromatic carbocycles. The van der Waals surface area contributed by atoms with Crippen molar-refractivity contribution in [2.75, 3.05) is 10.6 Å². The molecule has 1 atom stereocenters. The van der Waals surface area contributed by atoms with Crippen LogP contribution in [0.1, 0.15) is 27.2 Å². The molecule has 0 aromatic heterocycles. The first-order valence-corrected chi connectivity index (χ1v) is 6.80. The van der Waals surface area contributed by atoms with E-state index < -0.39 is 0 Å². The van der Waals surface area contributed by atoms with Gasteiger partial charge in [0.15, 0.2) is 0 Å². The zero-order chi connectivity index (χ0) is 15.3. The first kappa shape index (κ1) is 16.5. The Bertz CT molecular complexity index is 503. The van der Waals surface area contributed by atoms with Crippen LogP contribution in [0.3, 0.4) is 0 Å². The van der Waals surface area contributed by atoms with E-state index >= 15 is 0 Å². The van der Waals surface area contributed by atoms with Gasteiger partial charge in [-0.2, -0.15) is 0 Å². The Morgan fingerprint density at radius 2 is 1.95 bits per heavy atom. The monoisotopic (exact) mass is 297 g/mol. The molecule has 110 valence electrons. The van der Waals surface area contributed by atoms with E-state index in [4.69, 9.17) is 17.3 Å². The average Bonchev–Trinajstić information content (AvgIpc) is 2.31. The minimum Gasteiger partial charge on any atom is -0.327 e. The number of carbonyl (C=O) groups excluding carboxylic acids is 2. The topological polar surface area (TPSA) is 84.2 Å². The smallest absolute Gasteiger partial charge is 0.225 e. The van der Waals surface area contributed by atoms with Gasteiger partial charge in [0.1, 0.15) is 0 Å². The van der Waals surface area contributed by atoms with Gasteiger partial charge in [0.2, 0.25) is 11.8 Å². The Kier molecular flexibility index (Phi) is 5.98. The van der Waals surface area contributed by atoms with Crippen molar-refractivity contribution in [3.8, 4) is 0 Å². The summed E-state index contributed by atoms with van der Waals surface area (Å²) >= 11 is 6.02. The first-order chi connectivity index (χ1) is 9.29. The largest absolute Gasteiger partial charge is 0.327 e. The molecule has 0 saturated carbocycles. The summed E-state index contributed by atoms with van der Waals surface area (Å²) in [6, 6.07) is 4.73. The van der Waals surface area contributed by atoms with Gasteiger partial charge >= 0.3 is 0 Å². The van der Waals surface area contributed by atoms with Gasteiger partial charge in [0.25, 0.3) is 0 Å². The molecule has 0 aliphatic carbocycles. The predicted molar refractivity (Wildman–Crippen MR) is 81.8 cm³/mol. The number of rotatable bonds is 5. The standard InChI is InChI=1S/C14H20ClN3O2/c1-8(2)12(16)7-14(20)18-10-4-5-13(11(15)6-10)17-9(3)19/h4-6,8,12H,7,16H2,1-3H3,(H,17,19)(H,18,20). The fourth-order valence-corrected chi connectivity index (χ4v) is 1.77. The van der Waals surface area contributed by atoms with E-state index in [1.165, 1.54) is 6.92 Å². The van der Waals surface area contributed by atoms with Crippen LogP contribution in [0.2, 0.25) is 5.02 Å². The maximum atomic E-state index is 11.8. The number of nitrogens with one attached hydrogen (secondary N) is 2. The van der Waals surface area contributed by atoms with Crippen LogP contribution in [0.15, 0.2) is 18.2 Å². The summed E-state index contributed by atoms with van der Waals surface area (Å²) < 4.78 is 0. The highest BCUT2D eigenvalue weighted by Crippen LogP contribution is 2.25. The Morgan fingerprint density at radius 1 is 1.30 bits per heavy atom. The molecule has 1 rings (SSSR count). The second kappa shape index (κ2) is 7.26. The number of hydrogen-bond acceptors (Lipinski definition) is 3. The van der Waals surface area contributed by atoms with Gasteiger partial charge in [-0.3, -0.25) is 9.59 Å². The number of halogens is 1. The second-order valence-corrected chi connectivity index (χ2v) is 5.44. The first-order valence-electron chi connectivity index (χ1n) is 6.42. The van der Waals surface area contributed by atoms with Crippen LogP contribution in [-0.2, 0) is 9.59 Å². The Labute approximate surface area is 123 Å². The lowest BCUT2D eigenvalue weighted by Crippen LogP contribution is -2.31. The highest BCUT2D eigenvalue weighted by Gasteiger charge is 2.13. The van der Waals surface area contributed by atoms with Gasteiger partial charge in [-0.1, -0.05) is 25.4 Å². The molecule has 0 saturated heterocycles. The van der Waals surface area contributed by atoms with Crippen LogP contribution in [0.4, 0.5) is 11.4 Å². The third-order valence-electron chi connectivity index (χ3n) is 2.84. The average molecular weight is 298 g/mol. The zero-order valence-corrected chi connectivity index (χ0v) is 12.6. The molecular formula is C14H20ClN3O2. The van der Waals surface area contributed by atoms with E-state index in [-0.39, 0.29) is 30.2 Å². The van der Waals surface area contributed by atoms with Crippen LogP contribution in [0.25, 0.3) is 0 Å². The molecule has 5 nitrogen and oxygen atoms in total. The third-order valence-corrected chi connectivity index (χ3v) is 3.15. The third kappa shape index (κ3) is 5.19. The van der Waals surface area contributed by atoms with E-state index in [0.717, 1.165) is 0 Å². The van der Waals surface area contributed by atoms with E-state index in [1.807, 2.05) is 13.8 Å². The molecule has 6 heteroatoms. The van der Waals surface area contributed by atoms with Crippen molar-refractivity contribution in [1.29, 1.82) is 0 Å². The minimum atomic E-state index is -0.202. The highest BCUT2D eigenvalue weighted by molar-refractivity contribution is 6.34. The Balaban J connectivity index is 2.67. The van der Waals surface area contributed by atoms with Crippen LogP contribution >= 0.6 is 11.6 Å². The van der Waals surface area contributed by atoms with E-state index in [2.05, 4.69) is 10.6 Å². The molecule has 2 amide bonds. The van der Waals surface area contributed by atoms with Crippen molar-refractivity contribution in [3.05, 3.63) is 23.2 Å². The summed E-state index contributed by atoms with van der Waals surface area (Å²) in [5, 5.41) is 5.70. The molecular weight excluding hydrogens is 278 g/mol. The molecule has 0 spiro atoms. The maximum Gasteiger partial charge on any atom is 0.225 e. The second-order valence-electron chi connectivity index (χ2n) is 5.04. The van der Waals surface area contributed by atoms with Crippen LogP contribution in [0.5, 0.6) is 0 Å². The van der Waals surface area contributed by atoms with Gasteiger partial charge in [0.05, 0.1) is 10.7 Å². The number of nitrogens with two attached hydrogens (primary N) is 1. The molecule has 4 N–H and O–H groups in total. The van der Waals surface area contributed by atoms with Gasteiger partial charge in [0, 0.05) is 25.1 Å². The van der Waals surface area contributed by atoms with Crippen LogP contribution < -0.4 is 16.4 Å². The number of hydrogen-bond donors (Lipinski definition) is 3. The van der Waals surface area contributed by atoms with Crippen molar-refractivity contribution in [2.45, 2.75) is 33.2 Å². The summed E-state index contributed by atoms with van der Waals surface area (Å²) in [5.41, 5.74) is 6.93. The van der Waals surface area contributed by atoms with E-state index in [1.54, 1.807) is 18.2 Å². The van der Waals surface area contributed by atoms with Crippen LogP contribution in [0, 0.1) is 5.92 Å². The molecule has 0 bridgehead atoms. The summed E-state index contributed by atoms with van der Waals surface area (Å²) in [4.78, 5) is 22.8. The van der Waals surface area contributed by atoms with Gasteiger partial charge in [-0.15, -0.1) is 0 Å². The fraction of sp³-hybridized carbons (Fsp3) is 0.429.